The monoisotopic (exact) mass is 374 g/mol. The third kappa shape index (κ3) is 4.19. The largest absolute Gasteiger partial charge is 0.488 e. The Hall–Kier alpha value is -2.05. The molecule has 0 saturated heterocycles. The van der Waals surface area contributed by atoms with Gasteiger partial charge >= 0.3 is 0 Å². The molecule has 0 amide bonds. The summed E-state index contributed by atoms with van der Waals surface area (Å²) in [4.78, 5) is 2.29. The summed E-state index contributed by atoms with van der Waals surface area (Å²) in [5.74, 6) is 0.777. The van der Waals surface area contributed by atoms with Crippen LogP contribution in [0.1, 0.15) is 31.4 Å². The second kappa shape index (κ2) is 6.93. The lowest BCUT2D eigenvalue weighted by Crippen LogP contribution is -2.32. The smallest absolute Gasteiger partial charge is 0.240 e. The Morgan fingerprint density at radius 3 is 2.46 bits per heavy atom. The number of hydrogen-bond donors (Lipinski definition) is 1. The van der Waals surface area contributed by atoms with Crippen molar-refractivity contribution in [2.24, 2.45) is 0 Å². The quantitative estimate of drug-likeness (QED) is 0.872. The van der Waals surface area contributed by atoms with Crippen LogP contribution in [0.3, 0.4) is 0 Å². The Balaban J connectivity index is 1.72. The fourth-order valence-corrected chi connectivity index (χ4v) is 4.04. The van der Waals surface area contributed by atoms with Crippen LogP contribution in [0.25, 0.3) is 0 Å². The second-order valence-electron chi connectivity index (χ2n) is 7.52. The van der Waals surface area contributed by atoms with Crippen molar-refractivity contribution in [1.82, 2.24) is 4.72 Å². The van der Waals surface area contributed by atoms with E-state index in [0.29, 0.717) is 0 Å². The number of rotatable bonds is 5. The molecule has 5 nitrogen and oxygen atoms in total. The van der Waals surface area contributed by atoms with Crippen molar-refractivity contribution in [1.29, 1.82) is 0 Å². The molecule has 3 rings (SSSR count). The molecular formula is C20H26N2O3S. The number of sulfonamides is 1. The van der Waals surface area contributed by atoms with Crippen LogP contribution in [0, 0.1) is 0 Å². The number of benzene rings is 2. The van der Waals surface area contributed by atoms with Crippen LogP contribution in [0.4, 0.5) is 5.69 Å². The van der Waals surface area contributed by atoms with E-state index in [-0.39, 0.29) is 17.0 Å². The van der Waals surface area contributed by atoms with Crippen molar-refractivity contribution in [2.75, 3.05) is 19.0 Å². The number of nitrogens with one attached hydrogen (secondary N) is 1. The molecule has 0 radical (unpaired) electrons. The lowest BCUT2D eigenvalue weighted by atomic mass is 9.94. The molecule has 0 fully saturated rings. The normalized spacial score (nSPS) is 15.8. The van der Waals surface area contributed by atoms with E-state index in [1.54, 1.807) is 18.2 Å². The van der Waals surface area contributed by atoms with Crippen LogP contribution < -0.4 is 14.4 Å². The van der Waals surface area contributed by atoms with Gasteiger partial charge in [-0.2, -0.15) is 0 Å². The van der Waals surface area contributed by atoms with Gasteiger partial charge in [0.15, 0.2) is 0 Å². The zero-order valence-electron chi connectivity index (χ0n) is 15.7. The molecule has 0 saturated carbocycles. The van der Waals surface area contributed by atoms with E-state index >= 15 is 0 Å². The van der Waals surface area contributed by atoms with E-state index in [2.05, 4.69) is 4.72 Å². The van der Waals surface area contributed by atoms with Crippen molar-refractivity contribution < 1.29 is 13.2 Å². The minimum atomic E-state index is -3.56. The van der Waals surface area contributed by atoms with Crippen LogP contribution in [0.15, 0.2) is 47.4 Å². The Bertz CT molecular complexity index is 888. The SMILES string of the molecule is CN(C)c1ccc(CNS(=O)(=O)c2ccc3c(c2)CCC(C)(C)O3)cc1. The molecular weight excluding hydrogens is 348 g/mol. The summed E-state index contributed by atoms with van der Waals surface area (Å²) in [6, 6.07) is 12.9. The molecule has 0 spiro atoms. The van der Waals surface area contributed by atoms with E-state index in [1.807, 2.05) is 57.1 Å². The number of aryl methyl sites for hydroxylation is 1. The van der Waals surface area contributed by atoms with Gasteiger partial charge in [0.2, 0.25) is 10.0 Å². The van der Waals surface area contributed by atoms with E-state index in [4.69, 9.17) is 4.74 Å². The Labute approximate surface area is 156 Å². The highest BCUT2D eigenvalue weighted by atomic mass is 32.2. The zero-order valence-corrected chi connectivity index (χ0v) is 16.6. The second-order valence-corrected chi connectivity index (χ2v) is 9.28. The number of ether oxygens (including phenoxy) is 1. The average molecular weight is 375 g/mol. The predicted octanol–water partition coefficient (Wildman–Crippen LogP) is 3.33. The van der Waals surface area contributed by atoms with Crippen molar-refractivity contribution in [2.45, 2.75) is 43.7 Å². The molecule has 0 aliphatic carbocycles. The molecule has 1 N–H and O–H groups in total. The molecule has 1 aliphatic heterocycles. The number of fused-ring (bicyclic) bond motifs is 1. The van der Waals surface area contributed by atoms with E-state index in [9.17, 15) is 8.42 Å². The maximum absolute atomic E-state index is 12.6. The lowest BCUT2D eigenvalue weighted by molar-refractivity contribution is 0.0845. The zero-order chi connectivity index (χ0) is 18.9. The Kier molecular flexibility index (Phi) is 4.99. The molecule has 2 aromatic rings. The average Bonchev–Trinajstić information content (AvgIpc) is 2.59. The van der Waals surface area contributed by atoms with Crippen LogP contribution in [0.2, 0.25) is 0 Å². The summed E-state index contributed by atoms with van der Waals surface area (Å²) in [6.07, 6.45) is 1.69. The predicted molar refractivity (Wildman–Crippen MR) is 104 cm³/mol. The van der Waals surface area contributed by atoms with Gasteiger partial charge in [-0.25, -0.2) is 13.1 Å². The summed E-state index contributed by atoms with van der Waals surface area (Å²) < 4.78 is 33.9. The van der Waals surface area contributed by atoms with Gasteiger partial charge in [0.1, 0.15) is 11.4 Å². The molecule has 0 bridgehead atoms. The molecule has 0 atom stereocenters. The molecule has 2 aromatic carbocycles. The standard InChI is InChI=1S/C20H26N2O3S/c1-20(2)12-11-16-13-18(9-10-19(16)25-20)26(23,24)21-14-15-5-7-17(8-6-15)22(3)4/h5-10,13,21H,11-12,14H2,1-4H3. The molecule has 140 valence electrons. The minimum Gasteiger partial charge on any atom is -0.488 e. The van der Waals surface area contributed by atoms with E-state index in [1.165, 1.54) is 0 Å². The van der Waals surface area contributed by atoms with Gasteiger partial charge in [-0.05, 0) is 68.1 Å². The number of anilines is 1. The summed E-state index contributed by atoms with van der Waals surface area (Å²) in [5.41, 5.74) is 2.74. The lowest BCUT2D eigenvalue weighted by Gasteiger charge is -2.32. The van der Waals surface area contributed by atoms with Crippen LogP contribution in [0.5, 0.6) is 5.75 Å². The van der Waals surface area contributed by atoms with Gasteiger partial charge in [0.25, 0.3) is 0 Å². The van der Waals surface area contributed by atoms with Gasteiger partial charge in [-0.3, -0.25) is 0 Å². The first-order chi connectivity index (χ1) is 12.2. The van der Waals surface area contributed by atoms with Crippen molar-refractivity contribution in [3.63, 3.8) is 0 Å². The highest BCUT2D eigenvalue weighted by Crippen LogP contribution is 2.34. The van der Waals surface area contributed by atoms with Gasteiger partial charge < -0.3 is 9.64 Å². The van der Waals surface area contributed by atoms with Crippen molar-refractivity contribution in [3.8, 4) is 5.75 Å². The molecule has 6 heteroatoms. The first kappa shape index (κ1) is 18.7. The number of nitrogens with zero attached hydrogens (tertiary/aromatic N) is 1. The molecule has 0 aromatic heterocycles. The number of hydrogen-bond acceptors (Lipinski definition) is 4. The van der Waals surface area contributed by atoms with Crippen LogP contribution in [-0.4, -0.2) is 28.1 Å². The van der Waals surface area contributed by atoms with Crippen LogP contribution >= 0.6 is 0 Å². The fraction of sp³-hybridized carbons (Fsp3) is 0.400. The molecule has 1 heterocycles. The summed E-state index contributed by atoms with van der Waals surface area (Å²) in [5, 5.41) is 0. The minimum absolute atomic E-state index is 0.204. The van der Waals surface area contributed by atoms with Gasteiger partial charge in [0.05, 0.1) is 4.90 Å². The first-order valence-corrected chi connectivity index (χ1v) is 10.2. The van der Waals surface area contributed by atoms with Gasteiger partial charge in [-0.1, -0.05) is 12.1 Å². The Morgan fingerprint density at radius 1 is 1.12 bits per heavy atom. The van der Waals surface area contributed by atoms with Crippen LogP contribution in [-0.2, 0) is 23.0 Å². The summed E-state index contributed by atoms with van der Waals surface area (Å²) in [6.45, 7) is 4.35. The highest BCUT2D eigenvalue weighted by Gasteiger charge is 2.27. The molecule has 0 unspecified atom stereocenters. The first-order valence-electron chi connectivity index (χ1n) is 8.74. The Morgan fingerprint density at radius 2 is 1.81 bits per heavy atom. The summed E-state index contributed by atoms with van der Waals surface area (Å²) in [7, 11) is 0.379. The van der Waals surface area contributed by atoms with E-state index in [0.717, 1.165) is 35.4 Å². The molecule has 26 heavy (non-hydrogen) atoms. The van der Waals surface area contributed by atoms with Gasteiger partial charge in [0, 0.05) is 26.3 Å². The third-order valence-electron chi connectivity index (χ3n) is 4.64. The molecule has 1 aliphatic rings. The van der Waals surface area contributed by atoms with E-state index < -0.39 is 10.0 Å². The maximum Gasteiger partial charge on any atom is 0.240 e. The summed E-state index contributed by atoms with van der Waals surface area (Å²) >= 11 is 0. The fourth-order valence-electron chi connectivity index (χ4n) is 2.98. The van der Waals surface area contributed by atoms with Gasteiger partial charge in [-0.15, -0.1) is 0 Å². The highest BCUT2D eigenvalue weighted by molar-refractivity contribution is 7.89. The van der Waals surface area contributed by atoms with Crippen molar-refractivity contribution >= 4 is 15.7 Å². The topological polar surface area (TPSA) is 58.6 Å². The third-order valence-corrected chi connectivity index (χ3v) is 6.04. The maximum atomic E-state index is 12.6. The van der Waals surface area contributed by atoms with Crippen molar-refractivity contribution in [3.05, 3.63) is 53.6 Å².